The molecule has 127 heavy (non-hydrogen) atoms. The highest BCUT2D eigenvalue weighted by Crippen LogP contribution is 2.40. The summed E-state index contributed by atoms with van der Waals surface area (Å²) in [6, 6.07) is -2.76. The number of rotatable bonds is 67. The van der Waals surface area contributed by atoms with Gasteiger partial charge in [-0.05, 0) is 26.2 Å². The second kappa shape index (κ2) is 52.6. The van der Waals surface area contributed by atoms with Crippen molar-refractivity contribution in [1.82, 2.24) is 71.6 Å². The van der Waals surface area contributed by atoms with Crippen LogP contribution >= 0.6 is 0 Å². The maximum Gasteiger partial charge on any atom is 0.342 e. The molecule has 3 aromatic rings. The maximum atomic E-state index is 14.2. The van der Waals surface area contributed by atoms with E-state index in [0.29, 0.717) is 62.5 Å². The first-order chi connectivity index (χ1) is 61.4. The molecular weight excluding hydrogens is 1690 g/mol. The van der Waals surface area contributed by atoms with Gasteiger partial charge in [0.2, 0.25) is 29.5 Å². The SMILES string of the molecule is CC(=O)N[C@H]1[C@H]2OC[C@](COCCOCCOCCOCCn3cc(COCC(COCc4cn(CCOCCOCCOCCOC[C@@]56CO[C@@H](O5)[C@H](NC(C)=O)[C@@H](O)[C@H]6O)nn4)(COCc4cn(CCOCCOCCOCCOC[C@@]56CO[C@@H](O5)[C@H](NC(C)=O)[C@@H](O)[C@H]6O)nn4)NC(=O)CCCCCNC(=O)CCC4=C(C)C(=O)OC4=O)nn3)(O2)[C@H](O)[C@@H]1O. The summed E-state index contributed by atoms with van der Waals surface area (Å²) in [5.74, 6) is -3.33. The Morgan fingerprint density at radius 1 is 0.425 bits per heavy atom. The van der Waals surface area contributed by atoms with Crippen LogP contribution in [0.4, 0.5) is 0 Å². The molecule has 10 heterocycles. The van der Waals surface area contributed by atoms with E-state index in [1.807, 2.05) is 0 Å². The van der Waals surface area contributed by atoms with Crippen LogP contribution in [0.5, 0.6) is 0 Å². The number of carbonyl (C=O) groups excluding carboxylic acids is 7. The van der Waals surface area contributed by atoms with Gasteiger partial charge < -0.3 is 161 Å². The molecule has 7 aliphatic rings. The van der Waals surface area contributed by atoms with Crippen LogP contribution < -0.4 is 26.6 Å². The molecule has 6 fully saturated rings. The molecule has 7 aliphatic heterocycles. The van der Waals surface area contributed by atoms with Crippen LogP contribution in [0.25, 0.3) is 0 Å². The van der Waals surface area contributed by atoms with Crippen molar-refractivity contribution in [2.45, 2.75) is 202 Å². The lowest BCUT2D eigenvalue weighted by Gasteiger charge is -2.42. The first-order valence-electron chi connectivity index (χ1n) is 42.5. The van der Waals surface area contributed by atoms with Crippen LogP contribution in [-0.4, -0.2) is 418 Å². The summed E-state index contributed by atoms with van der Waals surface area (Å²) in [4.78, 5) is 85.6. The number of amides is 5. The van der Waals surface area contributed by atoms with E-state index < -0.39 is 126 Å². The number of ether oxygens (including phenoxy) is 22. The van der Waals surface area contributed by atoms with Gasteiger partial charge in [0.1, 0.15) is 94.2 Å². The number of fused-ring (bicyclic) bond motifs is 6. The Kier molecular flexibility index (Phi) is 42.1. The van der Waals surface area contributed by atoms with Gasteiger partial charge in [0.15, 0.2) is 18.9 Å². The smallest absolute Gasteiger partial charge is 0.342 e. The Hall–Kier alpha value is -7.43. The van der Waals surface area contributed by atoms with Crippen molar-refractivity contribution in [1.29, 1.82) is 0 Å². The molecule has 5 amide bonds. The Morgan fingerprint density at radius 2 is 0.748 bits per heavy atom. The number of aliphatic hydroxyl groups excluding tert-OH is 6. The Balaban J connectivity index is 0.654. The van der Waals surface area contributed by atoms with Gasteiger partial charge in [-0.15, -0.1) is 15.3 Å². The fourth-order valence-electron chi connectivity index (χ4n) is 14.5. The lowest BCUT2D eigenvalue weighted by molar-refractivity contribution is -0.238. The van der Waals surface area contributed by atoms with Gasteiger partial charge in [-0.2, -0.15) is 0 Å². The first kappa shape index (κ1) is 102. The highest BCUT2D eigenvalue weighted by Gasteiger charge is 2.62. The molecule has 0 radical (unpaired) electrons. The summed E-state index contributed by atoms with van der Waals surface area (Å²) < 4.78 is 131. The Morgan fingerprint density at radius 3 is 1.06 bits per heavy atom. The van der Waals surface area contributed by atoms with E-state index in [9.17, 15) is 64.2 Å². The third-order valence-electron chi connectivity index (χ3n) is 21.2. The quantitative estimate of drug-likeness (QED) is 0.0142. The van der Waals surface area contributed by atoms with Gasteiger partial charge in [0.05, 0.1) is 256 Å². The molecule has 49 heteroatoms. The van der Waals surface area contributed by atoms with E-state index in [2.05, 4.69) is 62.3 Å². The van der Waals surface area contributed by atoms with Crippen molar-refractivity contribution in [2.75, 3.05) is 205 Å². The largest absolute Gasteiger partial charge is 0.388 e. The van der Waals surface area contributed by atoms with Gasteiger partial charge in [-0.25, -0.2) is 23.6 Å². The summed E-state index contributed by atoms with van der Waals surface area (Å²) in [6.45, 7) is 11.2. The summed E-state index contributed by atoms with van der Waals surface area (Å²) in [6.07, 6.45) is -4.04. The van der Waals surface area contributed by atoms with Crippen LogP contribution in [0.1, 0.15) is 83.3 Å². The molecule has 0 aromatic carbocycles. The lowest BCUT2D eigenvalue weighted by atomic mass is 9.88. The normalized spacial score (nSPS) is 26.1. The number of aliphatic hydroxyl groups is 6. The average Bonchev–Trinajstić information content (AvgIpc) is 1.63. The minimum absolute atomic E-state index is 0.0208. The molecule has 0 spiro atoms. The molecule has 716 valence electrons. The molecule has 11 N–H and O–H groups in total. The molecule has 6 saturated heterocycles. The van der Waals surface area contributed by atoms with Crippen molar-refractivity contribution in [3.63, 3.8) is 0 Å². The summed E-state index contributed by atoms with van der Waals surface area (Å²) >= 11 is 0. The molecule has 0 unspecified atom stereocenters. The van der Waals surface area contributed by atoms with E-state index in [1.165, 1.54) is 27.7 Å². The number of hydrogen-bond donors (Lipinski definition) is 11. The van der Waals surface area contributed by atoms with Crippen LogP contribution in [0.15, 0.2) is 29.7 Å². The Bertz CT molecular complexity index is 3580. The zero-order valence-electron chi connectivity index (χ0n) is 72.1. The summed E-state index contributed by atoms with van der Waals surface area (Å²) in [5, 5.41) is 104. The number of nitrogens with zero attached hydrogens (tertiary/aromatic N) is 9. The monoisotopic (exact) mass is 1820 g/mol. The molecular formula is C78H124N14O35. The maximum absolute atomic E-state index is 14.2. The van der Waals surface area contributed by atoms with Crippen LogP contribution in [-0.2, 0) is 177 Å². The second-order valence-corrected chi connectivity index (χ2v) is 31.4. The number of aromatic nitrogens is 9. The number of nitrogens with one attached hydrogen (secondary N) is 5. The van der Waals surface area contributed by atoms with Crippen LogP contribution in [0, 0.1) is 0 Å². The van der Waals surface area contributed by atoms with Crippen molar-refractivity contribution in [3.8, 4) is 0 Å². The number of hydrogen-bond acceptors (Lipinski definition) is 41. The number of unbranched alkanes of at least 4 members (excludes halogenated alkanes) is 2. The van der Waals surface area contributed by atoms with E-state index >= 15 is 0 Å². The molecule has 0 saturated carbocycles. The zero-order valence-corrected chi connectivity index (χ0v) is 72.1. The van der Waals surface area contributed by atoms with Crippen molar-refractivity contribution in [2.24, 2.45) is 0 Å². The fraction of sp³-hybridized carbons (Fsp3) is 0.808. The minimum Gasteiger partial charge on any atom is -0.388 e. The number of esters is 2. The van der Waals surface area contributed by atoms with E-state index in [4.69, 9.17) is 99.5 Å². The van der Waals surface area contributed by atoms with E-state index in [1.54, 1.807) is 32.6 Å². The van der Waals surface area contributed by atoms with Gasteiger partial charge in [0, 0.05) is 51.3 Å². The van der Waals surface area contributed by atoms with Gasteiger partial charge in [-0.3, -0.25) is 24.0 Å². The van der Waals surface area contributed by atoms with E-state index in [-0.39, 0.29) is 260 Å². The topological polar surface area (TPSA) is 596 Å². The van der Waals surface area contributed by atoms with Crippen LogP contribution in [0.2, 0.25) is 0 Å². The van der Waals surface area contributed by atoms with Crippen molar-refractivity contribution >= 4 is 41.5 Å². The average molecular weight is 1820 g/mol. The van der Waals surface area contributed by atoms with E-state index in [0.717, 1.165) is 0 Å². The van der Waals surface area contributed by atoms with Crippen molar-refractivity contribution in [3.05, 3.63) is 46.8 Å². The number of cyclic esters (lactones) is 2. The van der Waals surface area contributed by atoms with Crippen molar-refractivity contribution < 1.29 is 168 Å². The third kappa shape index (κ3) is 31.7. The second-order valence-electron chi connectivity index (χ2n) is 31.4. The molecule has 49 nitrogen and oxygen atoms in total. The molecule has 3 aromatic heterocycles. The fourth-order valence-corrected chi connectivity index (χ4v) is 14.5. The molecule has 0 aliphatic carbocycles. The van der Waals surface area contributed by atoms with Gasteiger partial charge in [0.25, 0.3) is 0 Å². The van der Waals surface area contributed by atoms with Gasteiger partial charge in [-0.1, -0.05) is 22.1 Å². The van der Waals surface area contributed by atoms with Crippen LogP contribution in [0.3, 0.4) is 0 Å². The predicted molar refractivity (Wildman–Crippen MR) is 424 cm³/mol. The predicted octanol–water partition coefficient (Wildman–Crippen LogP) is -6.62. The lowest BCUT2D eigenvalue weighted by Crippen LogP contribution is -2.66. The standard InChI is InChI=1S/C78H124N14O35/c1-51-58(71(105)124-70(51)104)9-10-59(96)79-11-7-5-6-8-60(97)83-75(42-118-39-55-36-90(87-84-55)12-15-106-18-21-109-24-27-112-30-33-115-45-76-48-121-72(125-76)61(80-52(2)93)64(98)67(76)101,43-119-40-56-37-91(88-85-56)13-16-107-19-22-110-25-28-113-31-34-116-46-77-49-122-73(126-77)62(81-53(3)94)65(99)68(77)102)44-120-41-57-38-92(89-86-57)14-17-108-20-23-111-26-29-114-32-35-117-47-78-50-123-74(127-78)63(82-54(4)95)66(100)69(78)103/h36-38,61-69,72-74,98-103H,5-35,39-50H2,1-4H3,(H,79,96)(H,80,93)(H,81,94)(H,82,95)(H,83,97)/t61-,62-,63-,64-,65-,66-,67-,68-,69-,72+,73+,74+,76+,77+,78+/m1/s1. The first-order valence-corrected chi connectivity index (χ1v) is 42.5. The summed E-state index contributed by atoms with van der Waals surface area (Å²) in [7, 11) is 0. The molecule has 15 atom stereocenters. The third-order valence-corrected chi connectivity index (χ3v) is 21.2. The highest BCUT2D eigenvalue weighted by atomic mass is 16.8. The van der Waals surface area contributed by atoms with Gasteiger partial charge >= 0.3 is 11.9 Å². The zero-order chi connectivity index (χ0) is 90.4. The molecule has 10 rings (SSSR count). The summed E-state index contributed by atoms with van der Waals surface area (Å²) in [5.41, 5.74) is -3.45. The minimum atomic E-state index is -1.36. The number of carbonyl (C=O) groups is 7. The molecule has 6 bridgehead atoms. The highest BCUT2D eigenvalue weighted by molar-refractivity contribution is 6.12. The Labute approximate surface area is 732 Å².